The Kier molecular flexibility index (Phi) is 3.96. The summed E-state index contributed by atoms with van der Waals surface area (Å²) in [6.45, 7) is 1.45. The van der Waals surface area contributed by atoms with Crippen LogP contribution < -0.4 is 0 Å². The molecule has 1 atom stereocenters. The first kappa shape index (κ1) is 15.4. The van der Waals surface area contributed by atoms with Gasteiger partial charge in [0.05, 0.1) is 24.4 Å². The summed E-state index contributed by atoms with van der Waals surface area (Å²) in [5.74, 6) is -0.971. The minimum atomic E-state index is -0.737. The van der Waals surface area contributed by atoms with Crippen LogP contribution in [0.5, 0.6) is 0 Å². The summed E-state index contributed by atoms with van der Waals surface area (Å²) in [5.41, 5.74) is 0.637. The highest BCUT2D eigenvalue weighted by molar-refractivity contribution is 6.31. The standard InChI is InChI=1S/C17H14ClNO4/c1-10(20)14-15(12-6-2-3-7-13(12)18)19(17(22)16(14)21)9-11-5-4-8-23-11/h2-8,15,21H,9H2,1H3/t15-/m0/s1. The van der Waals surface area contributed by atoms with Gasteiger partial charge >= 0.3 is 0 Å². The highest BCUT2D eigenvalue weighted by Gasteiger charge is 2.43. The summed E-state index contributed by atoms with van der Waals surface area (Å²) in [5, 5.41) is 10.6. The predicted octanol–water partition coefficient (Wildman–Crippen LogP) is 3.42. The molecule has 5 nitrogen and oxygen atoms in total. The van der Waals surface area contributed by atoms with Gasteiger partial charge < -0.3 is 14.4 Å². The Hall–Kier alpha value is -2.53. The number of aliphatic hydroxyl groups excluding tert-OH is 1. The minimum Gasteiger partial charge on any atom is -0.503 e. The Labute approximate surface area is 137 Å². The fourth-order valence-corrected chi connectivity index (χ4v) is 3.01. The molecule has 0 bridgehead atoms. The van der Waals surface area contributed by atoms with E-state index < -0.39 is 17.7 Å². The van der Waals surface area contributed by atoms with Gasteiger partial charge in [-0.25, -0.2) is 0 Å². The Morgan fingerprint density at radius 3 is 2.65 bits per heavy atom. The molecule has 118 valence electrons. The fraction of sp³-hybridized carbons (Fsp3) is 0.176. The van der Waals surface area contributed by atoms with Crippen LogP contribution in [0.4, 0.5) is 0 Å². The van der Waals surface area contributed by atoms with Crippen molar-refractivity contribution in [3.63, 3.8) is 0 Å². The smallest absolute Gasteiger partial charge is 0.290 e. The van der Waals surface area contributed by atoms with Gasteiger partial charge in [-0.1, -0.05) is 29.8 Å². The number of ketones is 1. The van der Waals surface area contributed by atoms with Crippen molar-refractivity contribution >= 4 is 23.3 Å². The monoisotopic (exact) mass is 331 g/mol. The molecule has 2 heterocycles. The summed E-state index contributed by atoms with van der Waals surface area (Å²) in [6, 6.07) is 9.63. The molecule has 1 aliphatic rings. The number of furan rings is 1. The lowest BCUT2D eigenvalue weighted by Gasteiger charge is -2.26. The van der Waals surface area contributed by atoms with Crippen molar-refractivity contribution in [3.8, 4) is 0 Å². The van der Waals surface area contributed by atoms with Gasteiger partial charge in [-0.2, -0.15) is 0 Å². The molecule has 0 saturated heterocycles. The van der Waals surface area contributed by atoms with Crippen molar-refractivity contribution in [2.45, 2.75) is 19.5 Å². The van der Waals surface area contributed by atoms with Gasteiger partial charge in [-0.15, -0.1) is 0 Å². The van der Waals surface area contributed by atoms with Crippen LogP contribution >= 0.6 is 11.6 Å². The van der Waals surface area contributed by atoms with Gasteiger partial charge in [-0.3, -0.25) is 9.59 Å². The Bertz CT molecular complexity index is 795. The third kappa shape index (κ3) is 2.64. The summed E-state index contributed by atoms with van der Waals surface area (Å²) in [7, 11) is 0. The molecule has 23 heavy (non-hydrogen) atoms. The maximum Gasteiger partial charge on any atom is 0.290 e. The number of hydrogen-bond acceptors (Lipinski definition) is 4. The van der Waals surface area contributed by atoms with Crippen LogP contribution in [-0.4, -0.2) is 21.7 Å². The first-order valence-corrected chi connectivity index (χ1v) is 7.40. The molecule has 0 spiro atoms. The zero-order valence-electron chi connectivity index (χ0n) is 12.3. The molecule has 1 aromatic heterocycles. The van der Waals surface area contributed by atoms with Gasteiger partial charge in [-0.05, 0) is 30.7 Å². The number of carbonyl (C=O) groups excluding carboxylic acids is 2. The lowest BCUT2D eigenvalue weighted by Crippen LogP contribution is -2.30. The van der Waals surface area contributed by atoms with Crippen LogP contribution in [-0.2, 0) is 16.1 Å². The molecule has 0 saturated carbocycles. The normalized spacial score (nSPS) is 17.9. The SMILES string of the molecule is CC(=O)C1=C(O)C(=O)N(Cc2ccco2)[C@H]1c1ccccc1Cl. The zero-order chi connectivity index (χ0) is 16.6. The molecule has 1 amide bonds. The number of amides is 1. The van der Waals surface area contributed by atoms with E-state index >= 15 is 0 Å². The molecule has 1 aromatic carbocycles. The van der Waals surface area contributed by atoms with E-state index in [9.17, 15) is 14.7 Å². The third-order valence-electron chi connectivity index (χ3n) is 3.79. The number of hydrogen-bond donors (Lipinski definition) is 1. The van der Waals surface area contributed by atoms with Crippen LogP contribution in [0.2, 0.25) is 5.02 Å². The lowest BCUT2D eigenvalue weighted by atomic mass is 9.96. The lowest BCUT2D eigenvalue weighted by molar-refractivity contribution is -0.130. The van der Waals surface area contributed by atoms with Gasteiger partial charge in [0.1, 0.15) is 5.76 Å². The molecular formula is C17H14ClNO4. The number of halogens is 1. The van der Waals surface area contributed by atoms with E-state index in [1.165, 1.54) is 18.1 Å². The summed E-state index contributed by atoms with van der Waals surface area (Å²) < 4.78 is 5.28. The quantitative estimate of drug-likeness (QED) is 0.932. The number of benzene rings is 1. The summed E-state index contributed by atoms with van der Waals surface area (Å²) in [4.78, 5) is 25.8. The third-order valence-corrected chi connectivity index (χ3v) is 4.13. The molecule has 2 aromatic rings. The van der Waals surface area contributed by atoms with E-state index in [4.69, 9.17) is 16.0 Å². The minimum absolute atomic E-state index is 0.0506. The molecule has 0 unspecified atom stereocenters. The molecular weight excluding hydrogens is 318 g/mol. The van der Waals surface area contributed by atoms with Crippen molar-refractivity contribution in [2.24, 2.45) is 0 Å². The summed E-state index contributed by atoms with van der Waals surface area (Å²) in [6.07, 6.45) is 1.50. The Morgan fingerprint density at radius 1 is 1.30 bits per heavy atom. The van der Waals surface area contributed by atoms with Crippen LogP contribution in [0.25, 0.3) is 0 Å². The molecule has 6 heteroatoms. The largest absolute Gasteiger partial charge is 0.503 e. The second kappa shape index (κ2) is 5.93. The fourth-order valence-electron chi connectivity index (χ4n) is 2.77. The second-order valence-electron chi connectivity index (χ2n) is 5.25. The van der Waals surface area contributed by atoms with E-state index in [2.05, 4.69) is 0 Å². The molecule has 1 N–H and O–H groups in total. The maximum absolute atomic E-state index is 12.4. The van der Waals surface area contributed by atoms with Crippen LogP contribution in [0.15, 0.2) is 58.4 Å². The molecule has 0 aliphatic carbocycles. The van der Waals surface area contributed by atoms with Crippen LogP contribution in [0.1, 0.15) is 24.3 Å². The molecule has 3 rings (SSSR count). The van der Waals surface area contributed by atoms with E-state index in [1.807, 2.05) is 0 Å². The van der Waals surface area contributed by atoms with Crippen LogP contribution in [0.3, 0.4) is 0 Å². The predicted molar refractivity (Wildman–Crippen MR) is 83.8 cm³/mol. The van der Waals surface area contributed by atoms with Crippen molar-refractivity contribution < 1.29 is 19.1 Å². The van der Waals surface area contributed by atoms with E-state index in [0.29, 0.717) is 16.3 Å². The maximum atomic E-state index is 12.4. The van der Waals surface area contributed by atoms with Crippen LogP contribution in [0, 0.1) is 0 Å². The van der Waals surface area contributed by atoms with Gasteiger partial charge in [0.25, 0.3) is 5.91 Å². The van der Waals surface area contributed by atoms with Crippen molar-refractivity contribution in [3.05, 3.63) is 70.3 Å². The molecule has 1 aliphatic heterocycles. The number of Topliss-reactive ketones (excluding diaryl/α,β-unsaturated/α-hetero) is 1. The molecule has 0 fully saturated rings. The van der Waals surface area contributed by atoms with Gasteiger partial charge in [0.15, 0.2) is 11.5 Å². The first-order chi connectivity index (χ1) is 11.0. The average Bonchev–Trinajstić information content (AvgIpc) is 3.10. The van der Waals surface area contributed by atoms with E-state index in [1.54, 1.807) is 36.4 Å². The van der Waals surface area contributed by atoms with E-state index in [0.717, 1.165) is 0 Å². The average molecular weight is 332 g/mol. The number of rotatable bonds is 4. The zero-order valence-corrected chi connectivity index (χ0v) is 13.1. The second-order valence-corrected chi connectivity index (χ2v) is 5.66. The van der Waals surface area contributed by atoms with Crippen molar-refractivity contribution in [1.29, 1.82) is 0 Å². The van der Waals surface area contributed by atoms with E-state index in [-0.39, 0.29) is 17.9 Å². The number of aliphatic hydroxyl groups is 1. The van der Waals surface area contributed by atoms with Gasteiger partial charge in [0.2, 0.25) is 0 Å². The number of carbonyl (C=O) groups is 2. The first-order valence-electron chi connectivity index (χ1n) is 7.02. The highest BCUT2D eigenvalue weighted by atomic mass is 35.5. The van der Waals surface area contributed by atoms with Gasteiger partial charge in [0, 0.05) is 5.02 Å². The Morgan fingerprint density at radius 2 is 2.04 bits per heavy atom. The van der Waals surface area contributed by atoms with Crippen molar-refractivity contribution in [2.75, 3.05) is 0 Å². The van der Waals surface area contributed by atoms with Crippen molar-refractivity contribution in [1.82, 2.24) is 4.90 Å². The highest BCUT2D eigenvalue weighted by Crippen LogP contribution is 2.41. The Balaban J connectivity index is 2.10. The topological polar surface area (TPSA) is 70.8 Å². The number of nitrogens with zero attached hydrogens (tertiary/aromatic N) is 1. The summed E-state index contributed by atoms with van der Waals surface area (Å²) >= 11 is 6.24. The molecule has 0 radical (unpaired) electrons.